The second-order valence-corrected chi connectivity index (χ2v) is 4.39. The van der Waals surface area contributed by atoms with Crippen molar-refractivity contribution in [2.24, 2.45) is 0 Å². The maximum absolute atomic E-state index is 5.75. The summed E-state index contributed by atoms with van der Waals surface area (Å²) in [4.78, 5) is 8.43. The van der Waals surface area contributed by atoms with Crippen molar-refractivity contribution in [3.63, 3.8) is 0 Å². The topological polar surface area (TPSA) is 51.8 Å². The standard InChI is InChI=1S/C15H13N3/c1-10-4-11-2-3-12(5-13(11)8-18-10)14-6-15(16)9-17-7-14/h2-9H,16H2,1H3. The Balaban J connectivity index is 2.16. The van der Waals surface area contributed by atoms with Crippen LogP contribution in [0.2, 0.25) is 0 Å². The maximum atomic E-state index is 5.75. The number of nitrogen functional groups attached to an aromatic ring is 1. The predicted octanol–water partition coefficient (Wildman–Crippen LogP) is 3.19. The smallest absolute Gasteiger partial charge is 0.0506 e. The van der Waals surface area contributed by atoms with Crippen LogP contribution in [0.4, 0.5) is 5.69 Å². The monoisotopic (exact) mass is 235 g/mol. The number of nitrogens with zero attached hydrogens (tertiary/aromatic N) is 2. The van der Waals surface area contributed by atoms with Crippen LogP contribution in [0.15, 0.2) is 48.9 Å². The lowest BCUT2D eigenvalue weighted by atomic mass is 10.0. The number of pyridine rings is 2. The van der Waals surface area contributed by atoms with Crippen molar-refractivity contribution in [1.29, 1.82) is 0 Å². The molecule has 18 heavy (non-hydrogen) atoms. The van der Waals surface area contributed by atoms with E-state index in [4.69, 9.17) is 5.73 Å². The lowest BCUT2D eigenvalue weighted by Gasteiger charge is -2.05. The van der Waals surface area contributed by atoms with Crippen LogP contribution < -0.4 is 5.73 Å². The summed E-state index contributed by atoms with van der Waals surface area (Å²) in [7, 11) is 0. The normalized spacial score (nSPS) is 10.7. The molecule has 0 aliphatic heterocycles. The Bertz CT molecular complexity index is 720. The van der Waals surface area contributed by atoms with Crippen molar-refractivity contribution in [2.75, 3.05) is 5.73 Å². The largest absolute Gasteiger partial charge is 0.397 e. The summed E-state index contributed by atoms with van der Waals surface area (Å²) in [5.41, 5.74) is 9.59. The van der Waals surface area contributed by atoms with Crippen LogP contribution in [0.1, 0.15) is 5.69 Å². The summed E-state index contributed by atoms with van der Waals surface area (Å²) < 4.78 is 0. The summed E-state index contributed by atoms with van der Waals surface area (Å²) in [6, 6.07) is 10.3. The molecule has 0 aliphatic carbocycles. The van der Waals surface area contributed by atoms with Crippen LogP contribution in [0.5, 0.6) is 0 Å². The molecule has 3 nitrogen and oxygen atoms in total. The zero-order chi connectivity index (χ0) is 12.5. The number of aryl methyl sites for hydroxylation is 1. The van der Waals surface area contributed by atoms with Crippen molar-refractivity contribution >= 4 is 16.5 Å². The minimum atomic E-state index is 0.676. The highest BCUT2D eigenvalue weighted by molar-refractivity contribution is 5.87. The molecule has 0 atom stereocenters. The van der Waals surface area contributed by atoms with Crippen molar-refractivity contribution in [3.8, 4) is 11.1 Å². The minimum absolute atomic E-state index is 0.676. The van der Waals surface area contributed by atoms with E-state index in [1.165, 1.54) is 5.39 Å². The molecule has 0 amide bonds. The van der Waals surface area contributed by atoms with Gasteiger partial charge in [0.05, 0.1) is 5.69 Å². The van der Waals surface area contributed by atoms with Gasteiger partial charge in [0.1, 0.15) is 0 Å². The van der Waals surface area contributed by atoms with Gasteiger partial charge in [-0.1, -0.05) is 12.1 Å². The Morgan fingerprint density at radius 1 is 0.889 bits per heavy atom. The van der Waals surface area contributed by atoms with E-state index in [1.54, 1.807) is 6.20 Å². The summed E-state index contributed by atoms with van der Waals surface area (Å²) >= 11 is 0. The quantitative estimate of drug-likeness (QED) is 0.704. The highest BCUT2D eigenvalue weighted by Gasteiger charge is 2.01. The van der Waals surface area contributed by atoms with E-state index in [9.17, 15) is 0 Å². The molecule has 1 aromatic carbocycles. The number of hydrogen-bond acceptors (Lipinski definition) is 3. The number of rotatable bonds is 1. The molecule has 0 spiro atoms. The number of anilines is 1. The molecular weight excluding hydrogens is 222 g/mol. The molecule has 2 aromatic heterocycles. The molecule has 0 unspecified atom stereocenters. The molecule has 0 saturated carbocycles. The van der Waals surface area contributed by atoms with Crippen LogP contribution in [-0.4, -0.2) is 9.97 Å². The number of fused-ring (bicyclic) bond motifs is 1. The summed E-state index contributed by atoms with van der Waals surface area (Å²) in [6.45, 7) is 2.00. The Labute approximate surface area is 105 Å². The van der Waals surface area contributed by atoms with E-state index in [0.29, 0.717) is 5.69 Å². The van der Waals surface area contributed by atoms with E-state index in [2.05, 4.69) is 34.2 Å². The van der Waals surface area contributed by atoms with E-state index in [1.807, 2.05) is 25.4 Å². The molecule has 0 fully saturated rings. The zero-order valence-corrected chi connectivity index (χ0v) is 10.1. The fourth-order valence-electron chi connectivity index (χ4n) is 2.05. The van der Waals surface area contributed by atoms with Gasteiger partial charge in [0.25, 0.3) is 0 Å². The van der Waals surface area contributed by atoms with Gasteiger partial charge < -0.3 is 5.73 Å². The minimum Gasteiger partial charge on any atom is -0.397 e. The SMILES string of the molecule is Cc1cc2ccc(-c3cncc(N)c3)cc2cn1. The Morgan fingerprint density at radius 3 is 2.61 bits per heavy atom. The first-order valence-corrected chi connectivity index (χ1v) is 5.80. The van der Waals surface area contributed by atoms with Crippen molar-refractivity contribution in [3.05, 3.63) is 54.6 Å². The summed E-state index contributed by atoms with van der Waals surface area (Å²) in [5.74, 6) is 0. The third-order valence-corrected chi connectivity index (χ3v) is 2.95. The van der Waals surface area contributed by atoms with Crippen molar-refractivity contribution in [1.82, 2.24) is 9.97 Å². The average molecular weight is 235 g/mol. The van der Waals surface area contributed by atoms with Crippen LogP contribution >= 0.6 is 0 Å². The van der Waals surface area contributed by atoms with Gasteiger partial charge in [-0.05, 0) is 36.1 Å². The number of aromatic nitrogens is 2. The predicted molar refractivity (Wildman–Crippen MR) is 74.1 cm³/mol. The van der Waals surface area contributed by atoms with E-state index < -0.39 is 0 Å². The zero-order valence-electron chi connectivity index (χ0n) is 10.1. The Hall–Kier alpha value is -2.42. The maximum Gasteiger partial charge on any atom is 0.0506 e. The first-order chi connectivity index (χ1) is 8.72. The van der Waals surface area contributed by atoms with Gasteiger partial charge in [-0.3, -0.25) is 9.97 Å². The highest BCUT2D eigenvalue weighted by Crippen LogP contribution is 2.24. The molecule has 3 rings (SSSR count). The van der Waals surface area contributed by atoms with Gasteiger partial charge in [0.15, 0.2) is 0 Å². The Kier molecular flexibility index (Phi) is 2.45. The molecule has 3 aromatic rings. The van der Waals surface area contributed by atoms with Crippen LogP contribution in [0.25, 0.3) is 21.9 Å². The molecular formula is C15H13N3. The number of nitrogens with two attached hydrogens (primary N) is 1. The van der Waals surface area contributed by atoms with Crippen molar-refractivity contribution in [2.45, 2.75) is 6.92 Å². The molecule has 3 heteroatoms. The second kappa shape index (κ2) is 4.11. The van der Waals surface area contributed by atoms with Gasteiger partial charge in [-0.15, -0.1) is 0 Å². The lowest BCUT2D eigenvalue weighted by Crippen LogP contribution is -1.88. The fourth-order valence-corrected chi connectivity index (χ4v) is 2.05. The lowest BCUT2D eigenvalue weighted by molar-refractivity contribution is 1.22. The second-order valence-electron chi connectivity index (χ2n) is 4.39. The van der Waals surface area contributed by atoms with Gasteiger partial charge >= 0.3 is 0 Å². The van der Waals surface area contributed by atoms with Gasteiger partial charge in [-0.25, -0.2) is 0 Å². The first-order valence-electron chi connectivity index (χ1n) is 5.80. The van der Waals surface area contributed by atoms with Crippen molar-refractivity contribution < 1.29 is 0 Å². The van der Waals surface area contributed by atoms with E-state index in [-0.39, 0.29) is 0 Å². The van der Waals surface area contributed by atoms with Gasteiger partial charge in [0, 0.05) is 35.2 Å². The summed E-state index contributed by atoms with van der Waals surface area (Å²) in [5, 5.41) is 2.32. The van der Waals surface area contributed by atoms with Gasteiger partial charge in [0.2, 0.25) is 0 Å². The van der Waals surface area contributed by atoms with Crippen LogP contribution in [0.3, 0.4) is 0 Å². The van der Waals surface area contributed by atoms with Crippen LogP contribution in [0, 0.1) is 6.92 Å². The number of benzene rings is 1. The molecule has 0 saturated heterocycles. The summed E-state index contributed by atoms with van der Waals surface area (Å²) in [6.07, 6.45) is 5.36. The highest BCUT2D eigenvalue weighted by atomic mass is 14.7. The molecule has 0 radical (unpaired) electrons. The molecule has 2 heterocycles. The third kappa shape index (κ3) is 1.91. The molecule has 88 valence electrons. The molecule has 0 aliphatic rings. The molecule has 2 N–H and O–H groups in total. The first kappa shape index (κ1) is 10.7. The van der Waals surface area contributed by atoms with Crippen LogP contribution in [-0.2, 0) is 0 Å². The average Bonchev–Trinajstić information content (AvgIpc) is 2.38. The van der Waals surface area contributed by atoms with Gasteiger partial charge in [-0.2, -0.15) is 0 Å². The van der Waals surface area contributed by atoms with E-state index in [0.717, 1.165) is 22.2 Å². The van der Waals surface area contributed by atoms with E-state index >= 15 is 0 Å². The molecule has 0 bridgehead atoms. The number of hydrogen-bond donors (Lipinski definition) is 1. The third-order valence-electron chi connectivity index (χ3n) is 2.95. The fraction of sp³-hybridized carbons (Fsp3) is 0.0667. The Morgan fingerprint density at radius 2 is 1.78 bits per heavy atom.